The van der Waals surface area contributed by atoms with Crippen molar-refractivity contribution in [2.45, 2.75) is 84.0 Å². The number of thiophene rings is 1. The molecule has 0 fully saturated rings. The second kappa shape index (κ2) is 11.5. The Bertz CT molecular complexity index is 429. The maximum Gasteiger partial charge on any atom is 0.338 e. The van der Waals surface area contributed by atoms with Crippen molar-refractivity contribution < 1.29 is 9.90 Å². The van der Waals surface area contributed by atoms with Crippen molar-refractivity contribution in [1.82, 2.24) is 0 Å². The number of aromatic carboxylic acids is 1. The predicted molar refractivity (Wildman–Crippen MR) is 95.9 cm³/mol. The van der Waals surface area contributed by atoms with Gasteiger partial charge < -0.3 is 10.8 Å². The highest BCUT2D eigenvalue weighted by molar-refractivity contribution is 7.16. The molecule has 0 amide bonds. The molecule has 4 heteroatoms. The maximum atomic E-state index is 10.9. The number of anilines is 1. The van der Waals surface area contributed by atoms with E-state index in [4.69, 9.17) is 10.8 Å². The first-order chi connectivity index (χ1) is 10.6. The number of nitrogen functional groups attached to an aromatic ring is 1. The largest absolute Gasteiger partial charge is 0.478 e. The number of hydrogen-bond acceptors (Lipinski definition) is 3. The smallest absolute Gasteiger partial charge is 0.338 e. The summed E-state index contributed by atoms with van der Waals surface area (Å²) in [5.74, 6) is -0.918. The van der Waals surface area contributed by atoms with E-state index in [1.165, 1.54) is 75.5 Å². The number of aryl methyl sites for hydroxylation is 1. The van der Waals surface area contributed by atoms with Gasteiger partial charge in [0, 0.05) is 4.88 Å². The Morgan fingerprint density at radius 1 is 1.00 bits per heavy atom. The Morgan fingerprint density at radius 3 is 1.95 bits per heavy atom. The summed E-state index contributed by atoms with van der Waals surface area (Å²) in [6.45, 7) is 2.26. The lowest BCUT2D eigenvalue weighted by Crippen LogP contribution is -1.97. The normalized spacial score (nSPS) is 11.0. The molecule has 0 aliphatic carbocycles. The standard InChI is InChI=1S/C18H31NO2S/c1-2-3-4-5-6-7-8-9-10-11-12-13-15-14-16(18(20)21)17(19)22-15/h14H,2-13,19H2,1H3,(H,20,21). The molecule has 1 aromatic rings. The van der Waals surface area contributed by atoms with Gasteiger partial charge in [-0.1, -0.05) is 71.1 Å². The van der Waals surface area contributed by atoms with Gasteiger partial charge in [-0.3, -0.25) is 0 Å². The van der Waals surface area contributed by atoms with E-state index in [2.05, 4.69) is 6.92 Å². The molecule has 0 radical (unpaired) electrons. The fourth-order valence-corrected chi connectivity index (χ4v) is 3.67. The fourth-order valence-electron chi connectivity index (χ4n) is 2.71. The maximum absolute atomic E-state index is 10.9. The minimum atomic E-state index is -0.918. The third-order valence-corrected chi connectivity index (χ3v) is 5.09. The van der Waals surface area contributed by atoms with Crippen molar-refractivity contribution in [2.24, 2.45) is 0 Å². The summed E-state index contributed by atoms with van der Waals surface area (Å²) < 4.78 is 0. The molecule has 22 heavy (non-hydrogen) atoms. The molecule has 0 saturated heterocycles. The molecule has 0 bridgehead atoms. The van der Waals surface area contributed by atoms with Crippen molar-refractivity contribution in [3.8, 4) is 0 Å². The monoisotopic (exact) mass is 325 g/mol. The van der Waals surface area contributed by atoms with Crippen LogP contribution in [0.1, 0.15) is 92.8 Å². The molecular formula is C18H31NO2S. The lowest BCUT2D eigenvalue weighted by Gasteiger charge is -2.02. The van der Waals surface area contributed by atoms with E-state index < -0.39 is 5.97 Å². The predicted octanol–water partition coefficient (Wildman–Crippen LogP) is 5.88. The van der Waals surface area contributed by atoms with Crippen molar-refractivity contribution in [2.75, 3.05) is 5.73 Å². The third-order valence-electron chi connectivity index (χ3n) is 4.07. The molecule has 0 saturated carbocycles. The van der Waals surface area contributed by atoms with Crippen LogP contribution in [-0.2, 0) is 6.42 Å². The molecule has 126 valence electrons. The van der Waals surface area contributed by atoms with Gasteiger partial charge in [-0.25, -0.2) is 4.79 Å². The third kappa shape index (κ3) is 7.83. The quantitative estimate of drug-likeness (QED) is 0.445. The summed E-state index contributed by atoms with van der Waals surface area (Å²) in [6, 6.07) is 1.73. The van der Waals surface area contributed by atoms with Crippen LogP contribution in [0.2, 0.25) is 0 Å². The first-order valence-corrected chi connectivity index (χ1v) is 9.58. The SMILES string of the molecule is CCCCCCCCCCCCCc1cc(C(=O)O)c(N)s1. The highest BCUT2D eigenvalue weighted by Crippen LogP contribution is 2.26. The van der Waals surface area contributed by atoms with Gasteiger partial charge >= 0.3 is 5.97 Å². The van der Waals surface area contributed by atoms with E-state index in [1.807, 2.05) is 0 Å². The van der Waals surface area contributed by atoms with Crippen LogP contribution in [0.15, 0.2) is 6.07 Å². The molecule has 3 N–H and O–H groups in total. The van der Waals surface area contributed by atoms with E-state index in [0.717, 1.165) is 17.7 Å². The minimum absolute atomic E-state index is 0.267. The fraction of sp³-hybridized carbons (Fsp3) is 0.722. The highest BCUT2D eigenvalue weighted by Gasteiger charge is 2.12. The minimum Gasteiger partial charge on any atom is -0.478 e. The van der Waals surface area contributed by atoms with Crippen LogP contribution in [0.25, 0.3) is 0 Å². The summed E-state index contributed by atoms with van der Waals surface area (Å²) in [4.78, 5) is 12.0. The number of hydrogen-bond donors (Lipinski definition) is 2. The van der Waals surface area contributed by atoms with E-state index in [1.54, 1.807) is 6.07 Å². The van der Waals surface area contributed by atoms with Gasteiger partial charge in [-0.05, 0) is 18.9 Å². The van der Waals surface area contributed by atoms with E-state index in [-0.39, 0.29) is 5.56 Å². The Kier molecular flexibility index (Phi) is 9.96. The zero-order valence-corrected chi connectivity index (χ0v) is 14.7. The number of nitrogens with two attached hydrogens (primary N) is 1. The first kappa shape index (κ1) is 19.0. The zero-order valence-electron chi connectivity index (χ0n) is 13.9. The van der Waals surface area contributed by atoms with Gasteiger partial charge in [-0.15, -0.1) is 11.3 Å². The number of unbranched alkanes of at least 4 members (excludes halogenated alkanes) is 10. The van der Waals surface area contributed by atoms with Gasteiger partial charge in [-0.2, -0.15) is 0 Å². The summed E-state index contributed by atoms with van der Waals surface area (Å²) in [7, 11) is 0. The Labute approximate surface area is 138 Å². The molecule has 0 aromatic carbocycles. The topological polar surface area (TPSA) is 63.3 Å². The molecule has 0 spiro atoms. The van der Waals surface area contributed by atoms with E-state index >= 15 is 0 Å². The second-order valence-corrected chi connectivity index (χ2v) is 7.25. The van der Waals surface area contributed by atoms with Crippen molar-refractivity contribution >= 4 is 22.3 Å². The van der Waals surface area contributed by atoms with Crippen LogP contribution in [0.4, 0.5) is 5.00 Å². The van der Waals surface area contributed by atoms with Crippen LogP contribution >= 0.6 is 11.3 Å². The van der Waals surface area contributed by atoms with Crippen LogP contribution in [0, 0.1) is 0 Å². The molecule has 3 nitrogen and oxygen atoms in total. The van der Waals surface area contributed by atoms with Gasteiger partial charge in [0.15, 0.2) is 0 Å². The average molecular weight is 326 g/mol. The average Bonchev–Trinajstić information content (AvgIpc) is 2.86. The molecular weight excluding hydrogens is 294 g/mol. The molecule has 1 aromatic heterocycles. The second-order valence-electron chi connectivity index (χ2n) is 6.08. The molecule has 1 rings (SSSR count). The lowest BCUT2D eigenvalue weighted by atomic mass is 10.0. The van der Waals surface area contributed by atoms with E-state index in [9.17, 15) is 4.79 Å². The molecule has 0 unspecified atom stereocenters. The summed E-state index contributed by atoms with van der Waals surface area (Å²) >= 11 is 1.42. The number of carboxylic acid groups (broad SMARTS) is 1. The van der Waals surface area contributed by atoms with Gasteiger partial charge in [0.05, 0.1) is 5.56 Å². The van der Waals surface area contributed by atoms with Crippen molar-refractivity contribution in [1.29, 1.82) is 0 Å². The van der Waals surface area contributed by atoms with Gasteiger partial charge in [0.2, 0.25) is 0 Å². The summed E-state index contributed by atoms with van der Waals surface area (Å²) in [5.41, 5.74) is 5.98. The summed E-state index contributed by atoms with van der Waals surface area (Å²) in [5, 5.41) is 9.40. The lowest BCUT2D eigenvalue weighted by molar-refractivity contribution is 0.0698. The number of rotatable bonds is 13. The van der Waals surface area contributed by atoms with Crippen molar-refractivity contribution in [3.05, 3.63) is 16.5 Å². The Balaban J connectivity index is 1.97. The zero-order chi connectivity index (χ0) is 16.2. The van der Waals surface area contributed by atoms with Crippen LogP contribution < -0.4 is 5.73 Å². The summed E-state index contributed by atoms with van der Waals surface area (Å²) in [6.07, 6.45) is 15.6. The molecule has 0 atom stereocenters. The van der Waals surface area contributed by atoms with Crippen LogP contribution in [0.3, 0.4) is 0 Å². The Hall–Kier alpha value is -1.03. The van der Waals surface area contributed by atoms with Gasteiger partial charge in [0.1, 0.15) is 5.00 Å². The van der Waals surface area contributed by atoms with Gasteiger partial charge in [0.25, 0.3) is 0 Å². The van der Waals surface area contributed by atoms with Crippen LogP contribution in [-0.4, -0.2) is 11.1 Å². The van der Waals surface area contributed by atoms with Crippen LogP contribution in [0.5, 0.6) is 0 Å². The highest BCUT2D eigenvalue weighted by atomic mass is 32.1. The molecule has 1 heterocycles. The number of carbonyl (C=O) groups is 1. The Morgan fingerprint density at radius 2 is 1.50 bits per heavy atom. The number of carboxylic acids is 1. The first-order valence-electron chi connectivity index (χ1n) is 8.76. The van der Waals surface area contributed by atoms with Crippen molar-refractivity contribution in [3.63, 3.8) is 0 Å². The molecule has 0 aliphatic rings. The van der Waals surface area contributed by atoms with E-state index in [0.29, 0.717) is 5.00 Å². The molecule has 0 aliphatic heterocycles.